The van der Waals surface area contributed by atoms with Gasteiger partial charge in [0.25, 0.3) is 0 Å². The van der Waals surface area contributed by atoms with E-state index in [9.17, 15) is 15.2 Å². The molecule has 6 nitrogen and oxygen atoms in total. The van der Waals surface area contributed by atoms with Gasteiger partial charge in [-0.05, 0) is 25.1 Å². The van der Waals surface area contributed by atoms with Crippen molar-refractivity contribution >= 4 is 5.69 Å². The second-order valence-corrected chi connectivity index (χ2v) is 3.92. The smallest absolute Gasteiger partial charge is 0.311 e. The molecule has 6 heteroatoms. The summed E-state index contributed by atoms with van der Waals surface area (Å²) in [5, 5.41) is 20.2. The van der Waals surface area contributed by atoms with Crippen molar-refractivity contribution in [2.75, 3.05) is 6.61 Å². The summed E-state index contributed by atoms with van der Waals surface area (Å²) in [6, 6.07) is 10.5. The fraction of sp³-hybridized carbons (Fsp3) is 0.143. The molecular formula is C14H13NO5. The zero-order valence-electron chi connectivity index (χ0n) is 10.8. The van der Waals surface area contributed by atoms with Crippen LogP contribution in [0.2, 0.25) is 0 Å². The van der Waals surface area contributed by atoms with Crippen molar-refractivity contribution in [3.05, 3.63) is 52.6 Å². The Labute approximate surface area is 115 Å². The maximum absolute atomic E-state index is 10.9. The van der Waals surface area contributed by atoms with E-state index in [1.807, 2.05) is 0 Å². The third kappa shape index (κ3) is 3.17. The van der Waals surface area contributed by atoms with Crippen molar-refractivity contribution in [1.29, 1.82) is 0 Å². The average molecular weight is 275 g/mol. The molecule has 0 amide bonds. The summed E-state index contributed by atoms with van der Waals surface area (Å²) in [5.74, 6) is 1.05. The van der Waals surface area contributed by atoms with E-state index in [1.54, 1.807) is 19.1 Å². The number of phenols is 1. The summed E-state index contributed by atoms with van der Waals surface area (Å²) >= 11 is 0. The van der Waals surface area contributed by atoms with E-state index in [1.165, 1.54) is 30.3 Å². The van der Waals surface area contributed by atoms with Crippen LogP contribution in [0.5, 0.6) is 23.0 Å². The zero-order valence-corrected chi connectivity index (χ0v) is 10.8. The largest absolute Gasteiger partial charge is 0.508 e. The summed E-state index contributed by atoms with van der Waals surface area (Å²) in [4.78, 5) is 10.4. The van der Waals surface area contributed by atoms with Gasteiger partial charge in [0.2, 0.25) is 5.75 Å². The lowest BCUT2D eigenvalue weighted by atomic mass is 10.2. The first-order valence-corrected chi connectivity index (χ1v) is 5.98. The minimum atomic E-state index is -0.511. The first-order valence-electron chi connectivity index (χ1n) is 5.98. The molecule has 0 aliphatic carbocycles. The van der Waals surface area contributed by atoms with Gasteiger partial charge in [-0.1, -0.05) is 6.07 Å². The number of hydrogen-bond donors (Lipinski definition) is 1. The van der Waals surface area contributed by atoms with Crippen LogP contribution in [0.1, 0.15) is 6.92 Å². The molecule has 0 heterocycles. The SMILES string of the molecule is CCOc1cc(Oc2cccc(O)c2)ccc1[N+](=O)[O-]. The van der Waals surface area contributed by atoms with Gasteiger partial charge in [0, 0.05) is 18.2 Å². The highest BCUT2D eigenvalue weighted by Gasteiger charge is 2.16. The van der Waals surface area contributed by atoms with Crippen molar-refractivity contribution < 1.29 is 19.5 Å². The van der Waals surface area contributed by atoms with Gasteiger partial charge < -0.3 is 14.6 Å². The molecule has 2 aromatic rings. The highest BCUT2D eigenvalue weighted by molar-refractivity contribution is 5.51. The Morgan fingerprint density at radius 3 is 2.60 bits per heavy atom. The minimum Gasteiger partial charge on any atom is -0.508 e. The van der Waals surface area contributed by atoms with Crippen LogP contribution in [0.3, 0.4) is 0 Å². The van der Waals surface area contributed by atoms with Gasteiger partial charge in [-0.15, -0.1) is 0 Å². The molecule has 0 aliphatic heterocycles. The number of rotatable bonds is 5. The number of nitro benzene ring substituents is 1. The molecule has 104 valence electrons. The number of nitrogens with zero attached hydrogens (tertiary/aromatic N) is 1. The second kappa shape index (κ2) is 5.92. The molecule has 2 rings (SSSR count). The van der Waals surface area contributed by atoms with E-state index in [4.69, 9.17) is 9.47 Å². The summed E-state index contributed by atoms with van der Waals surface area (Å²) in [6.07, 6.45) is 0. The molecule has 0 unspecified atom stereocenters. The maximum atomic E-state index is 10.9. The molecule has 0 bridgehead atoms. The van der Waals surface area contributed by atoms with E-state index >= 15 is 0 Å². The summed E-state index contributed by atoms with van der Waals surface area (Å²) in [7, 11) is 0. The van der Waals surface area contributed by atoms with E-state index in [0.29, 0.717) is 18.1 Å². The van der Waals surface area contributed by atoms with E-state index in [2.05, 4.69) is 0 Å². The van der Waals surface area contributed by atoms with Gasteiger partial charge in [-0.3, -0.25) is 10.1 Å². The van der Waals surface area contributed by atoms with Crippen molar-refractivity contribution in [2.24, 2.45) is 0 Å². The Bertz CT molecular complexity index is 627. The van der Waals surface area contributed by atoms with E-state index in [-0.39, 0.29) is 17.2 Å². The Hall–Kier alpha value is -2.76. The lowest BCUT2D eigenvalue weighted by Gasteiger charge is -2.09. The number of phenolic OH excluding ortho intramolecular Hbond substituents is 1. The fourth-order valence-electron chi connectivity index (χ4n) is 1.66. The molecule has 0 atom stereocenters. The zero-order chi connectivity index (χ0) is 14.5. The molecule has 20 heavy (non-hydrogen) atoms. The number of ether oxygens (including phenoxy) is 2. The molecule has 2 aromatic carbocycles. The normalized spacial score (nSPS) is 10.1. The third-order valence-corrected chi connectivity index (χ3v) is 2.48. The number of hydrogen-bond acceptors (Lipinski definition) is 5. The first-order chi connectivity index (χ1) is 9.60. The van der Waals surface area contributed by atoms with Crippen LogP contribution in [-0.2, 0) is 0 Å². The maximum Gasteiger partial charge on any atom is 0.311 e. The van der Waals surface area contributed by atoms with Gasteiger partial charge in [-0.2, -0.15) is 0 Å². The van der Waals surface area contributed by atoms with Crippen molar-refractivity contribution in [2.45, 2.75) is 6.92 Å². The Kier molecular flexibility index (Phi) is 4.05. The predicted molar refractivity (Wildman–Crippen MR) is 72.4 cm³/mol. The number of aromatic hydroxyl groups is 1. The molecular weight excluding hydrogens is 262 g/mol. The van der Waals surface area contributed by atoms with Crippen molar-refractivity contribution in [1.82, 2.24) is 0 Å². The van der Waals surface area contributed by atoms with Crippen LogP contribution in [0.4, 0.5) is 5.69 Å². The van der Waals surface area contributed by atoms with Gasteiger partial charge in [-0.25, -0.2) is 0 Å². The van der Waals surface area contributed by atoms with Crippen LogP contribution in [0, 0.1) is 10.1 Å². The Morgan fingerprint density at radius 1 is 1.20 bits per heavy atom. The van der Waals surface area contributed by atoms with Crippen molar-refractivity contribution in [3.8, 4) is 23.0 Å². The molecule has 1 N–H and O–H groups in total. The van der Waals surface area contributed by atoms with Crippen LogP contribution in [-0.4, -0.2) is 16.6 Å². The summed E-state index contributed by atoms with van der Waals surface area (Å²) in [5.41, 5.74) is -0.116. The standard InChI is InChI=1S/C14H13NO5/c1-2-19-14-9-12(6-7-13(14)15(17)18)20-11-5-3-4-10(16)8-11/h3-9,16H,2H2,1H3. The van der Waals surface area contributed by atoms with Gasteiger partial charge in [0.15, 0.2) is 0 Å². The quantitative estimate of drug-likeness (QED) is 0.667. The summed E-state index contributed by atoms with van der Waals surface area (Å²) < 4.78 is 10.7. The third-order valence-electron chi connectivity index (χ3n) is 2.48. The molecule has 0 radical (unpaired) electrons. The average Bonchev–Trinajstić information content (AvgIpc) is 2.39. The van der Waals surface area contributed by atoms with Crippen LogP contribution < -0.4 is 9.47 Å². The van der Waals surface area contributed by atoms with E-state index in [0.717, 1.165) is 0 Å². The Balaban J connectivity index is 2.29. The monoisotopic (exact) mass is 275 g/mol. The molecule has 0 aromatic heterocycles. The molecule has 0 saturated heterocycles. The first kappa shape index (κ1) is 13.7. The Morgan fingerprint density at radius 2 is 1.95 bits per heavy atom. The highest BCUT2D eigenvalue weighted by atomic mass is 16.6. The van der Waals surface area contributed by atoms with Gasteiger partial charge in [0.05, 0.1) is 11.5 Å². The lowest BCUT2D eigenvalue weighted by Crippen LogP contribution is -1.97. The van der Waals surface area contributed by atoms with Crippen LogP contribution in [0.15, 0.2) is 42.5 Å². The molecule has 0 fully saturated rings. The predicted octanol–water partition coefficient (Wildman–Crippen LogP) is 3.49. The lowest BCUT2D eigenvalue weighted by molar-refractivity contribution is -0.385. The van der Waals surface area contributed by atoms with Gasteiger partial charge in [0.1, 0.15) is 17.2 Å². The van der Waals surface area contributed by atoms with Crippen molar-refractivity contribution in [3.63, 3.8) is 0 Å². The van der Waals surface area contributed by atoms with Crippen LogP contribution in [0.25, 0.3) is 0 Å². The van der Waals surface area contributed by atoms with Crippen LogP contribution >= 0.6 is 0 Å². The minimum absolute atomic E-state index is 0.0782. The van der Waals surface area contributed by atoms with E-state index < -0.39 is 4.92 Å². The molecule has 0 saturated carbocycles. The van der Waals surface area contributed by atoms with Gasteiger partial charge >= 0.3 is 5.69 Å². The molecule has 0 spiro atoms. The number of benzene rings is 2. The second-order valence-electron chi connectivity index (χ2n) is 3.92. The fourth-order valence-corrected chi connectivity index (χ4v) is 1.66. The summed E-state index contributed by atoms with van der Waals surface area (Å²) in [6.45, 7) is 2.06. The molecule has 0 aliphatic rings. The topological polar surface area (TPSA) is 81.8 Å². The highest BCUT2D eigenvalue weighted by Crippen LogP contribution is 2.33. The number of nitro groups is 1.